The Morgan fingerprint density at radius 1 is 0.556 bits per heavy atom. The Labute approximate surface area is 329 Å². The Morgan fingerprint density at radius 3 is 1.44 bits per heavy atom. The molecule has 0 radical (unpaired) electrons. The van der Waals surface area contributed by atoms with Crippen molar-refractivity contribution in [3.05, 3.63) is 12.2 Å². The van der Waals surface area contributed by atoms with E-state index in [4.69, 9.17) is 18.9 Å². The molecule has 0 amide bonds. The maximum atomic E-state index is 12.8. The van der Waals surface area contributed by atoms with Crippen LogP contribution in [0.1, 0.15) is 200 Å². The smallest absolute Gasteiger partial charge is 0.306 e. The van der Waals surface area contributed by atoms with Crippen molar-refractivity contribution < 1.29 is 49.0 Å². The van der Waals surface area contributed by atoms with Gasteiger partial charge in [-0.05, 0) is 38.5 Å². The lowest BCUT2D eigenvalue weighted by molar-refractivity contribution is -0.305. The molecule has 1 saturated heterocycles. The number of rotatable bonds is 37. The standard InChI is InChI=1S/C44H82O10/c1-3-5-7-9-11-13-15-17-18-19-20-21-23-25-27-29-31-33-40(47)53-37(36-52-44-43(50)42(49)41(48)38(34-45)54-44)35-51-39(46)32-30-28-26-24-22-16-14-12-10-8-6-4-2/h17-18,37-38,41-45,48-50H,3-16,19-36H2,1-2H3/b18-17-. The summed E-state index contributed by atoms with van der Waals surface area (Å²) in [7, 11) is 0. The third-order valence-electron chi connectivity index (χ3n) is 10.4. The summed E-state index contributed by atoms with van der Waals surface area (Å²) in [6, 6.07) is 0. The molecule has 10 nitrogen and oxygen atoms in total. The van der Waals surface area contributed by atoms with Crippen molar-refractivity contribution >= 4 is 11.9 Å². The van der Waals surface area contributed by atoms with Crippen molar-refractivity contribution in [3.63, 3.8) is 0 Å². The van der Waals surface area contributed by atoms with E-state index >= 15 is 0 Å². The highest BCUT2D eigenvalue weighted by atomic mass is 16.7. The fourth-order valence-electron chi connectivity index (χ4n) is 6.83. The van der Waals surface area contributed by atoms with Crippen molar-refractivity contribution in [2.24, 2.45) is 0 Å². The van der Waals surface area contributed by atoms with Gasteiger partial charge in [0, 0.05) is 12.8 Å². The highest BCUT2D eigenvalue weighted by Crippen LogP contribution is 2.23. The lowest BCUT2D eigenvalue weighted by atomic mass is 9.99. The van der Waals surface area contributed by atoms with Gasteiger partial charge in [0.05, 0.1) is 13.2 Å². The molecule has 4 N–H and O–H groups in total. The Hall–Kier alpha value is -1.56. The number of esters is 2. The quantitative estimate of drug-likeness (QED) is 0.0273. The van der Waals surface area contributed by atoms with Crippen LogP contribution in [0.3, 0.4) is 0 Å². The first-order valence-electron chi connectivity index (χ1n) is 22.3. The van der Waals surface area contributed by atoms with Crippen molar-refractivity contribution in [2.75, 3.05) is 19.8 Å². The largest absolute Gasteiger partial charge is 0.462 e. The first kappa shape index (κ1) is 50.5. The number of aliphatic hydroxyl groups is 4. The summed E-state index contributed by atoms with van der Waals surface area (Å²) in [6.45, 7) is 3.42. The Balaban J connectivity index is 2.32. The van der Waals surface area contributed by atoms with Crippen molar-refractivity contribution in [3.8, 4) is 0 Å². The summed E-state index contributed by atoms with van der Waals surface area (Å²) < 4.78 is 22.1. The third-order valence-corrected chi connectivity index (χ3v) is 10.4. The fraction of sp³-hybridized carbons (Fsp3) is 0.909. The summed E-state index contributed by atoms with van der Waals surface area (Å²) in [5.74, 6) is -0.803. The number of carbonyl (C=O) groups is 2. The van der Waals surface area contributed by atoms with E-state index in [0.29, 0.717) is 6.42 Å². The zero-order valence-corrected chi connectivity index (χ0v) is 34.5. The summed E-state index contributed by atoms with van der Waals surface area (Å²) in [5, 5.41) is 40.0. The monoisotopic (exact) mass is 771 g/mol. The molecule has 0 saturated carbocycles. The molecule has 0 spiro atoms. The molecular formula is C44H82O10. The number of unbranched alkanes of at least 4 members (excludes halogenated alkanes) is 24. The van der Waals surface area contributed by atoms with Gasteiger partial charge in [-0.3, -0.25) is 9.59 Å². The molecule has 6 unspecified atom stereocenters. The van der Waals surface area contributed by atoms with E-state index in [9.17, 15) is 30.0 Å². The van der Waals surface area contributed by atoms with Crippen molar-refractivity contribution in [1.82, 2.24) is 0 Å². The molecule has 318 valence electrons. The van der Waals surface area contributed by atoms with Gasteiger partial charge in [-0.15, -0.1) is 0 Å². The summed E-state index contributed by atoms with van der Waals surface area (Å²) in [4.78, 5) is 25.3. The van der Waals surface area contributed by atoms with Gasteiger partial charge in [-0.25, -0.2) is 0 Å². The van der Waals surface area contributed by atoms with Crippen LogP contribution in [0.4, 0.5) is 0 Å². The molecule has 54 heavy (non-hydrogen) atoms. The van der Waals surface area contributed by atoms with Crippen LogP contribution >= 0.6 is 0 Å². The number of allylic oxidation sites excluding steroid dienone is 2. The number of hydrogen-bond acceptors (Lipinski definition) is 10. The second kappa shape index (κ2) is 35.8. The average molecular weight is 771 g/mol. The summed E-state index contributed by atoms with van der Waals surface area (Å²) in [5.41, 5.74) is 0. The van der Waals surface area contributed by atoms with E-state index < -0.39 is 49.4 Å². The highest BCUT2D eigenvalue weighted by molar-refractivity contribution is 5.70. The molecule has 1 rings (SSSR count). The van der Waals surface area contributed by atoms with Gasteiger partial charge in [-0.2, -0.15) is 0 Å². The van der Waals surface area contributed by atoms with E-state index in [1.165, 1.54) is 122 Å². The molecule has 0 aromatic rings. The molecule has 1 fully saturated rings. The molecule has 10 heteroatoms. The number of hydrogen-bond donors (Lipinski definition) is 4. The van der Waals surface area contributed by atoms with Crippen LogP contribution in [-0.2, 0) is 28.5 Å². The van der Waals surface area contributed by atoms with Crippen LogP contribution in [0.15, 0.2) is 12.2 Å². The van der Waals surface area contributed by atoms with Gasteiger partial charge in [0.1, 0.15) is 31.0 Å². The number of aliphatic hydroxyl groups excluding tert-OH is 4. The highest BCUT2D eigenvalue weighted by Gasteiger charge is 2.44. The van der Waals surface area contributed by atoms with E-state index in [-0.39, 0.29) is 32.0 Å². The molecule has 1 aliphatic heterocycles. The zero-order valence-electron chi connectivity index (χ0n) is 34.5. The fourth-order valence-corrected chi connectivity index (χ4v) is 6.83. The molecule has 1 heterocycles. The van der Waals surface area contributed by atoms with E-state index in [1.807, 2.05) is 0 Å². The van der Waals surface area contributed by atoms with Crippen LogP contribution in [0, 0.1) is 0 Å². The van der Waals surface area contributed by atoms with Crippen molar-refractivity contribution in [2.45, 2.75) is 237 Å². The van der Waals surface area contributed by atoms with Gasteiger partial charge in [0.2, 0.25) is 0 Å². The maximum Gasteiger partial charge on any atom is 0.306 e. The molecular weight excluding hydrogens is 688 g/mol. The maximum absolute atomic E-state index is 12.8. The zero-order chi connectivity index (χ0) is 39.5. The lowest BCUT2D eigenvalue weighted by Crippen LogP contribution is -2.59. The second-order valence-corrected chi connectivity index (χ2v) is 15.5. The van der Waals surface area contributed by atoms with Gasteiger partial charge in [0.25, 0.3) is 0 Å². The van der Waals surface area contributed by atoms with Crippen LogP contribution in [0.2, 0.25) is 0 Å². The SMILES string of the molecule is CCCCCCCC/C=C\CCCCCCCCCC(=O)OC(COC(=O)CCCCCCCCCCCCCC)COC1OC(CO)C(O)C(O)C1O. The van der Waals surface area contributed by atoms with Crippen LogP contribution < -0.4 is 0 Å². The van der Waals surface area contributed by atoms with Crippen molar-refractivity contribution in [1.29, 1.82) is 0 Å². The van der Waals surface area contributed by atoms with Crippen LogP contribution in [0.5, 0.6) is 0 Å². The Kier molecular flexibility index (Phi) is 33.5. The molecule has 1 aliphatic rings. The molecule has 0 aliphatic carbocycles. The minimum Gasteiger partial charge on any atom is -0.462 e. The molecule has 0 aromatic heterocycles. The number of ether oxygens (including phenoxy) is 4. The third kappa shape index (κ3) is 27.1. The minimum absolute atomic E-state index is 0.214. The van der Waals surface area contributed by atoms with Crippen LogP contribution in [0.25, 0.3) is 0 Å². The summed E-state index contributed by atoms with van der Waals surface area (Å²) >= 11 is 0. The van der Waals surface area contributed by atoms with Gasteiger partial charge in [0.15, 0.2) is 12.4 Å². The normalized spacial score (nSPS) is 20.7. The molecule has 0 bridgehead atoms. The Morgan fingerprint density at radius 2 is 0.981 bits per heavy atom. The average Bonchev–Trinajstić information content (AvgIpc) is 3.17. The van der Waals surface area contributed by atoms with Crippen LogP contribution in [-0.4, -0.2) is 89.0 Å². The minimum atomic E-state index is -1.59. The topological polar surface area (TPSA) is 152 Å². The predicted octanol–water partition coefficient (Wildman–Crippen LogP) is 9.17. The van der Waals surface area contributed by atoms with E-state index in [2.05, 4.69) is 26.0 Å². The van der Waals surface area contributed by atoms with Gasteiger partial charge in [-0.1, -0.05) is 161 Å². The first-order valence-corrected chi connectivity index (χ1v) is 22.3. The Bertz CT molecular complexity index is 897. The van der Waals surface area contributed by atoms with Gasteiger partial charge < -0.3 is 39.4 Å². The molecule has 0 aromatic carbocycles. The lowest BCUT2D eigenvalue weighted by Gasteiger charge is -2.39. The summed E-state index contributed by atoms with van der Waals surface area (Å²) in [6.07, 6.45) is 29.3. The molecule has 6 atom stereocenters. The first-order chi connectivity index (χ1) is 26.3. The second-order valence-electron chi connectivity index (χ2n) is 15.5. The number of carbonyl (C=O) groups excluding carboxylic acids is 2. The van der Waals surface area contributed by atoms with Gasteiger partial charge >= 0.3 is 11.9 Å². The predicted molar refractivity (Wildman–Crippen MR) is 215 cm³/mol. The van der Waals surface area contributed by atoms with E-state index in [0.717, 1.165) is 44.9 Å². The van der Waals surface area contributed by atoms with E-state index in [1.54, 1.807) is 0 Å².